The molecule has 1 heterocycles. The van der Waals surface area contributed by atoms with Crippen molar-refractivity contribution in [1.82, 2.24) is 10.2 Å². The topological polar surface area (TPSA) is 52.6 Å². The summed E-state index contributed by atoms with van der Waals surface area (Å²) in [4.78, 5) is 11.8. The van der Waals surface area contributed by atoms with Gasteiger partial charge in [-0.05, 0) is 38.3 Å². The molecular weight excluding hydrogens is 168 g/mol. The molecule has 4 nitrogen and oxygen atoms in total. The SMILES string of the molecule is CN(CCC1CCNCC1)C(=O)O. The van der Waals surface area contributed by atoms with Gasteiger partial charge in [0.25, 0.3) is 0 Å². The van der Waals surface area contributed by atoms with Crippen LogP contribution in [0.2, 0.25) is 0 Å². The largest absolute Gasteiger partial charge is 0.465 e. The molecule has 1 aliphatic rings. The van der Waals surface area contributed by atoms with E-state index in [0.29, 0.717) is 12.5 Å². The van der Waals surface area contributed by atoms with Crippen molar-refractivity contribution in [2.75, 3.05) is 26.7 Å². The second kappa shape index (κ2) is 5.07. The molecule has 0 aromatic heterocycles. The Hall–Kier alpha value is -0.770. The quantitative estimate of drug-likeness (QED) is 0.691. The molecule has 1 aliphatic heterocycles. The first kappa shape index (κ1) is 10.3. The lowest BCUT2D eigenvalue weighted by Crippen LogP contribution is -2.31. The third-order valence-corrected chi connectivity index (χ3v) is 2.66. The van der Waals surface area contributed by atoms with Gasteiger partial charge in [0.2, 0.25) is 0 Å². The summed E-state index contributed by atoms with van der Waals surface area (Å²) in [6, 6.07) is 0. The predicted octanol–water partition coefficient (Wildman–Crippen LogP) is 0.986. The zero-order valence-electron chi connectivity index (χ0n) is 8.12. The van der Waals surface area contributed by atoms with Gasteiger partial charge < -0.3 is 15.3 Å². The lowest BCUT2D eigenvalue weighted by molar-refractivity contribution is 0.152. The van der Waals surface area contributed by atoms with Crippen molar-refractivity contribution >= 4 is 6.09 Å². The fraction of sp³-hybridized carbons (Fsp3) is 0.889. The maximum atomic E-state index is 10.5. The van der Waals surface area contributed by atoms with Gasteiger partial charge in [0, 0.05) is 13.6 Å². The van der Waals surface area contributed by atoms with E-state index in [-0.39, 0.29) is 0 Å². The van der Waals surface area contributed by atoms with Crippen LogP contribution >= 0.6 is 0 Å². The second-order valence-electron chi connectivity index (χ2n) is 3.69. The van der Waals surface area contributed by atoms with Crippen molar-refractivity contribution in [3.8, 4) is 0 Å². The average Bonchev–Trinajstić information content (AvgIpc) is 2.15. The molecule has 1 saturated heterocycles. The van der Waals surface area contributed by atoms with Crippen LogP contribution in [0.4, 0.5) is 4.79 Å². The molecule has 0 radical (unpaired) electrons. The van der Waals surface area contributed by atoms with Gasteiger partial charge in [0.05, 0.1) is 0 Å². The monoisotopic (exact) mass is 186 g/mol. The van der Waals surface area contributed by atoms with Crippen LogP contribution in [0, 0.1) is 5.92 Å². The van der Waals surface area contributed by atoms with Crippen LogP contribution in [0.25, 0.3) is 0 Å². The molecule has 13 heavy (non-hydrogen) atoms. The highest BCUT2D eigenvalue weighted by Crippen LogP contribution is 2.15. The molecule has 0 bridgehead atoms. The predicted molar refractivity (Wildman–Crippen MR) is 50.9 cm³/mol. The van der Waals surface area contributed by atoms with E-state index in [1.165, 1.54) is 17.7 Å². The summed E-state index contributed by atoms with van der Waals surface area (Å²) >= 11 is 0. The zero-order chi connectivity index (χ0) is 9.68. The van der Waals surface area contributed by atoms with E-state index in [0.717, 1.165) is 19.5 Å². The van der Waals surface area contributed by atoms with Gasteiger partial charge in [-0.15, -0.1) is 0 Å². The minimum Gasteiger partial charge on any atom is -0.465 e. The summed E-state index contributed by atoms with van der Waals surface area (Å²) < 4.78 is 0. The Morgan fingerprint density at radius 1 is 1.54 bits per heavy atom. The van der Waals surface area contributed by atoms with Crippen LogP contribution in [0.1, 0.15) is 19.3 Å². The molecule has 0 saturated carbocycles. The van der Waals surface area contributed by atoms with Crippen molar-refractivity contribution < 1.29 is 9.90 Å². The second-order valence-corrected chi connectivity index (χ2v) is 3.69. The van der Waals surface area contributed by atoms with E-state index in [1.807, 2.05) is 0 Å². The summed E-state index contributed by atoms with van der Waals surface area (Å²) in [6.45, 7) is 2.84. The Morgan fingerprint density at radius 2 is 2.15 bits per heavy atom. The highest BCUT2D eigenvalue weighted by molar-refractivity contribution is 5.64. The normalized spacial score (nSPS) is 18.5. The molecule has 2 N–H and O–H groups in total. The number of carbonyl (C=O) groups is 1. The number of nitrogens with one attached hydrogen (secondary N) is 1. The lowest BCUT2D eigenvalue weighted by atomic mass is 9.95. The first-order valence-corrected chi connectivity index (χ1v) is 4.85. The maximum Gasteiger partial charge on any atom is 0.407 e. The smallest absolute Gasteiger partial charge is 0.407 e. The van der Waals surface area contributed by atoms with E-state index in [1.54, 1.807) is 7.05 Å². The Labute approximate surface area is 78.9 Å². The molecule has 0 spiro atoms. The fourth-order valence-electron chi connectivity index (χ4n) is 1.64. The van der Waals surface area contributed by atoms with Crippen molar-refractivity contribution in [3.63, 3.8) is 0 Å². The molecule has 4 heteroatoms. The number of amides is 1. The molecule has 76 valence electrons. The Bertz CT molecular complexity index is 167. The molecule has 0 aromatic carbocycles. The van der Waals surface area contributed by atoms with Crippen LogP contribution in [0.15, 0.2) is 0 Å². The summed E-state index contributed by atoms with van der Waals surface area (Å²) in [7, 11) is 1.63. The van der Waals surface area contributed by atoms with Gasteiger partial charge in [0.1, 0.15) is 0 Å². The molecule has 1 fully saturated rings. The third kappa shape index (κ3) is 3.63. The molecule has 1 rings (SSSR count). The van der Waals surface area contributed by atoms with Gasteiger partial charge in [-0.25, -0.2) is 4.79 Å². The van der Waals surface area contributed by atoms with Crippen molar-refractivity contribution in [2.24, 2.45) is 5.92 Å². The van der Waals surface area contributed by atoms with E-state index in [9.17, 15) is 4.79 Å². The first-order chi connectivity index (χ1) is 6.20. The van der Waals surface area contributed by atoms with Crippen molar-refractivity contribution in [3.05, 3.63) is 0 Å². The first-order valence-electron chi connectivity index (χ1n) is 4.85. The molecule has 0 aromatic rings. The Morgan fingerprint density at radius 3 is 2.69 bits per heavy atom. The van der Waals surface area contributed by atoms with Crippen LogP contribution in [-0.4, -0.2) is 42.8 Å². The highest BCUT2D eigenvalue weighted by Gasteiger charge is 2.14. The van der Waals surface area contributed by atoms with E-state index in [4.69, 9.17) is 5.11 Å². The van der Waals surface area contributed by atoms with Crippen LogP contribution in [-0.2, 0) is 0 Å². The minimum atomic E-state index is -0.825. The highest BCUT2D eigenvalue weighted by atomic mass is 16.4. The standard InChI is InChI=1S/C9H18N2O2/c1-11(9(12)13)7-4-8-2-5-10-6-3-8/h8,10H,2-7H2,1H3,(H,12,13). The number of rotatable bonds is 3. The molecular formula is C9H18N2O2. The van der Waals surface area contributed by atoms with Crippen LogP contribution in [0.5, 0.6) is 0 Å². The molecule has 0 unspecified atom stereocenters. The van der Waals surface area contributed by atoms with Crippen molar-refractivity contribution in [1.29, 1.82) is 0 Å². The molecule has 0 atom stereocenters. The maximum absolute atomic E-state index is 10.5. The van der Waals surface area contributed by atoms with Crippen molar-refractivity contribution in [2.45, 2.75) is 19.3 Å². The Kier molecular flexibility index (Phi) is 4.02. The minimum absolute atomic E-state index is 0.667. The number of nitrogens with zero attached hydrogens (tertiary/aromatic N) is 1. The number of hydrogen-bond donors (Lipinski definition) is 2. The summed E-state index contributed by atoms with van der Waals surface area (Å²) in [5.41, 5.74) is 0. The van der Waals surface area contributed by atoms with Gasteiger partial charge in [-0.1, -0.05) is 0 Å². The third-order valence-electron chi connectivity index (χ3n) is 2.66. The van der Waals surface area contributed by atoms with E-state index in [2.05, 4.69) is 5.32 Å². The van der Waals surface area contributed by atoms with Gasteiger partial charge in [0.15, 0.2) is 0 Å². The summed E-state index contributed by atoms with van der Waals surface area (Å²) in [6.07, 6.45) is 2.56. The lowest BCUT2D eigenvalue weighted by Gasteiger charge is -2.24. The van der Waals surface area contributed by atoms with E-state index < -0.39 is 6.09 Å². The molecule has 1 amide bonds. The molecule has 0 aliphatic carbocycles. The number of hydrogen-bond acceptors (Lipinski definition) is 2. The number of carboxylic acid groups (broad SMARTS) is 1. The Balaban J connectivity index is 2.13. The van der Waals surface area contributed by atoms with E-state index >= 15 is 0 Å². The van der Waals surface area contributed by atoms with Gasteiger partial charge in [-0.2, -0.15) is 0 Å². The van der Waals surface area contributed by atoms with Gasteiger partial charge >= 0.3 is 6.09 Å². The fourth-order valence-corrected chi connectivity index (χ4v) is 1.64. The van der Waals surface area contributed by atoms with Crippen LogP contribution < -0.4 is 5.32 Å². The number of piperidine rings is 1. The summed E-state index contributed by atoms with van der Waals surface area (Å²) in [5, 5.41) is 11.9. The van der Waals surface area contributed by atoms with Crippen LogP contribution in [0.3, 0.4) is 0 Å². The van der Waals surface area contributed by atoms with Gasteiger partial charge in [-0.3, -0.25) is 0 Å². The zero-order valence-corrected chi connectivity index (χ0v) is 8.12. The summed E-state index contributed by atoms with van der Waals surface area (Å²) in [5.74, 6) is 0.711. The average molecular weight is 186 g/mol.